The molecule has 1 rings (SSSR count). The highest BCUT2D eigenvalue weighted by Gasteiger charge is 2.13. The number of carbonyl (C=O) groups excluding carboxylic acids is 1. The molecular formula is C11H18N2O2S. The molecule has 1 unspecified atom stereocenters. The molecule has 0 aromatic carbocycles. The van der Waals surface area contributed by atoms with E-state index in [2.05, 4.69) is 4.98 Å². The lowest BCUT2D eigenvalue weighted by atomic mass is 10.3. The fraction of sp³-hybridized carbons (Fsp3) is 0.636. The van der Waals surface area contributed by atoms with Gasteiger partial charge in [-0.05, 0) is 27.4 Å². The summed E-state index contributed by atoms with van der Waals surface area (Å²) in [6.45, 7) is 4.42. The highest BCUT2D eigenvalue weighted by atomic mass is 32.1. The first-order valence-corrected chi connectivity index (χ1v) is 6.20. The normalized spacial score (nSPS) is 12.8. The van der Waals surface area contributed by atoms with Crippen LogP contribution in [0.5, 0.6) is 0 Å². The molecule has 0 aliphatic carbocycles. The lowest BCUT2D eigenvalue weighted by molar-refractivity contribution is 0.0410. The van der Waals surface area contributed by atoms with E-state index in [1.165, 1.54) is 11.3 Å². The van der Waals surface area contributed by atoms with E-state index in [1.54, 1.807) is 5.38 Å². The molecule has 0 radical (unpaired) electrons. The maximum absolute atomic E-state index is 11.6. The van der Waals surface area contributed by atoms with Crippen LogP contribution >= 0.6 is 11.3 Å². The lowest BCUT2D eigenvalue weighted by Gasteiger charge is -2.18. The molecule has 0 saturated heterocycles. The summed E-state index contributed by atoms with van der Waals surface area (Å²) in [5.74, 6) is -0.329. The van der Waals surface area contributed by atoms with Crippen LogP contribution in [0.4, 0.5) is 0 Å². The van der Waals surface area contributed by atoms with E-state index in [1.807, 2.05) is 32.8 Å². The van der Waals surface area contributed by atoms with Gasteiger partial charge in [0.2, 0.25) is 0 Å². The second-order valence-corrected chi connectivity index (χ2v) is 4.83. The second-order valence-electron chi connectivity index (χ2n) is 3.89. The third kappa shape index (κ3) is 3.57. The molecule has 0 bridgehead atoms. The highest BCUT2D eigenvalue weighted by molar-refractivity contribution is 7.09. The first-order valence-electron chi connectivity index (χ1n) is 5.32. The Kier molecular flexibility index (Phi) is 4.89. The van der Waals surface area contributed by atoms with Crippen LogP contribution in [0.3, 0.4) is 0 Å². The van der Waals surface area contributed by atoms with Gasteiger partial charge in [0.15, 0.2) is 5.69 Å². The van der Waals surface area contributed by atoms with Gasteiger partial charge in [-0.25, -0.2) is 9.78 Å². The number of aryl methyl sites for hydroxylation is 1. The summed E-state index contributed by atoms with van der Waals surface area (Å²) < 4.78 is 5.17. The summed E-state index contributed by atoms with van der Waals surface area (Å²) in [6.07, 6.45) is 0.853. The number of hydrogen-bond acceptors (Lipinski definition) is 5. The number of carbonyl (C=O) groups is 1. The topological polar surface area (TPSA) is 42.4 Å². The molecule has 4 nitrogen and oxygen atoms in total. The van der Waals surface area contributed by atoms with Crippen molar-refractivity contribution in [2.75, 3.05) is 20.7 Å². The van der Waals surface area contributed by atoms with E-state index in [-0.39, 0.29) is 12.0 Å². The van der Waals surface area contributed by atoms with Crippen LogP contribution in [-0.4, -0.2) is 42.6 Å². The molecule has 0 aliphatic heterocycles. The Labute approximate surface area is 100 Å². The zero-order valence-corrected chi connectivity index (χ0v) is 11.0. The van der Waals surface area contributed by atoms with Crippen LogP contribution in [0.2, 0.25) is 0 Å². The fourth-order valence-electron chi connectivity index (χ4n) is 0.986. The third-order valence-electron chi connectivity index (χ3n) is 2.40. The maximum atomic E-state index is 11.6. The Hall–Kier alpha value is -0.940. The van der Waals surface area contributed by atoms with Crippen LogP contribution in [-0.2, 0) is 11.2 Å². The summed E-state index contributed by atoms with van der Waals surface area (Å²) in [5.41, 5.74) is 0.424. The molecule has 0 aliphatic rings. The van der Waals surface area contributed by atoms with E-state index in [9.17, 15) is 4.79 Å². The molecule has 1 aromatic heterocycles. The molecule has 5 heteroatoms. The minimum Gasteiger partial charge on any atom is -0.459 e. The molecule has 1 atom stereocenters. The number of rotatable bonds is 5. The molecule has 0 fully saturated rings. The molecule has 16 heavy (non-hydrogen) atoms. The molecule has 0 N–H and O–H groups in total. The smallest absolute Gasteiger partial charge is 0.357 e. The Morgan fingerprint density at radius 1 is 1.62 bits per heavy atom. The minimum atomic E-state index is -0.329. The number of hydrogen-bond donors (Lipinski definition) is 0. The van der Waals surface area contributed by atoms with Crippen molar-refractivity contribution in [1.29, 1.82) is 0 Å². The number of esters is 1. The predicted octanol–water partition coefficient (Wildman–Crippen LogP) is 1.81. The van der Waals surface area contributed by atoms with E-state index in [0.717, 1.165) is 11.4 Å². The predicted molar refractivity (Wildman–Crippen MR) is 64.9 cm³/mol. The highest BCUT2D eigenvalue weighted by Crippen LogP contribution is 2.11. The zero-order valence-electron chi connectivity index (χ0n) is 10.2. The van der Waals surface area contributed by atoms with E-state index >= 15 is 0 Å². The number of nitrogens with zero attached hydrogens (tertiary/aromatic N) is 2. The van der Waals surface area contributed by atoms with Gasteiger partial charge >= 0.3 is 5.97 Å². The average molecular weight is 242 g/mol. The SMILES string of the molecule is CCc1nc(C(=O)OCC(C)N(C)C)cs1. The van der Waals surface area contributed by atoms with Gasteiger partial charge < -0.3 is 9.64 Å². The van der Waals surface area contributed by atoms with Crippen molar-refractivity contribution >= 4 is 17.3 Å². The largest absolute Gasteiger partial charge is 0.459 e. The minimum absolute atomic E-state index is 0.216. The summed E-state index contributed by atoms with van der Waals surface area (Å²) in [7, 11) is 3.91. The zero-order chi connectivity index (χ0) is 12.1. The van der Waals surface area contributed by atoms with Crippen molar-refractivity contribution in [3.8, 4) is 0 Å². The number of thiazole rings is 1. The summed E-state index contributed by atoms with van der Waals surface area (Å²) in [6, 6.07) is 0.216. The van der Waals surface area contributed by atoms with Crippen molar-refractivity contribution in [3.05, 3.63) is 16.1 Å². The maximum Gasteiger partial charge on any atom is 0.357 e. The first kappa shape index (κ1) is 13.1. The Morgan fingerprint density at radius 3 is 2.81 bits per heavy atom. The van der Waals surface area contributed by atoms with Crippen LogP contribution in [0.25, 0.3) is 0 Å². The third-order valence-corrected chi connectivity index (χ3v) is 3.39. The molecular weight excluding hydrogens is 224 g/mol. The quantitative estimate of drug-likeness (QED) is 0.739. The van der Waals surface area contributed by atoms with Gasteiger partial charge in [-0.1, -0.05) is 6.92 Å². The van der Waals surface area contributed by atoms with Crippen LogP contribution in [0, 0.1) is 0 Å². The Morgan fingerprint density at radius 2 is 2.31 bits per heavy atom. The van der Waals surface area contributed by atoms with Crippen molar-refractivity contribution in [3.63, 3.8) is 0 Å². The van der Waals surface area contributed by atoms with Crippen LogP contribution < -0.4 is 0 Å². The van der Waals surface area contributed by atoms with Gasteiger partial charge in [0.05, 0.1) is 5.01 Å². The monoisotopic (exact) mass is 242 g/mol. The number of likely N-dealkylation sites (N-methyl/N-ethyl adjacent to an activating group) is 1. The van der Waals surface area contributed by atoms with E-state index < -0.39 is 0 Å². The molecule has 0 amide bonds. The van der Waals surface area contributed by atoms with E-state index in [0.29, 0.717) is 12.3 Å². The molecule has 1 aromatic rings. The van der Waals surface area contributed by atoms with Crippen molar-refractivity contribution in [2.24, 2.45) is 0 Å². The standard InChI is InChI=1S/C11H18N2O2S/c1-5-10-12-9(7-16-10)11(14)15-6-8(2)13(3)4/h7-8H,5-6H2,1-4H3. The van der Waals surface area contributed by atoms with Gasteiger partial charge in [0.1, 0.15) is 6.61 Å². The van der Waals surface area contributed by atoms with Gasteiger partial charge in [0.25, 0.3) is 0 Å². The van der Waals surface area contributed by atoms with Gasteiger partial charge in [-0.3, -0.25) is 0 Å². The van der Waals surface area contributed by atoms with Crippen molar-refractivity contribution in [2.45, 2.75) is 26.3 Å². The van der Waals surface area contributed by atoms with E-state index in [4.69, 9.17) is 4.74 Å². The van der Waals surface area contributed by atoms with Gasteiger partial charge in [0, 0.05) is 11.4 Å². The van der Waals surface area contributed by atoms with Crippen molar-refractivity contribution < 1.29 is 9.53 Å². The molecule has 1 heterocycles. The molecule has 90 valence electrons. The Balaban J connectivity index is 2.46. The number of aromatic nitrogens is 1. The van der Waals surface area contributed by atoms with Crippen LogP contribution in [0.1, 0.15) is 29.3 Å². The summed E-state index contributed by atoms with van der Waals surface area (Å²) in [5, 5.41) is 2.72. The van der Waals surface area contributed by atoms with Crippen molar-refractivity contribution in [1.82, 2.24) is 9.88 Å². The van der Waals surface area contributed by atoms with Crippen LogP contribution in [0.15, 0.2) is 5.38 Å². The average Bonchev–Trinajstić information content (AvgIpc) is 2.73. The fourth-order valence-corrected chi connectivity index (χ4v) is 1.70. The summed E-state index contributed by atoms with van der Waals surface area (Å²) in [4.78, 5) is 17.8. The first-order chi connectivity index (χ1) is 7.54. The van der Waals surface area contributed by atoms with Gasteiger partial charge in [-0.2, -0.15) is 0 Å². The molecule has 0 saturated carbocycles. The number of ether oxygens (including phenoxy) is 1. The molecule has 0 spiro atoms. The van der Waals surface area contributed by atoms with Gasteiger partial charge in [-0.15, -0.1) is 11.3 Å². The second kappa shape index (κ2) is 5.96. The summed E-state index contributed by atoms with van der Waals surface area (Å²) >= 11 is 1.50. The Bertz CT molecular complexity index is 350. The lowest BCUT2D eigenvalue weighted by Crippen LogP contribution is -2.30.